The molecule has 0 saturated carbocycles. The van der Waals surface area contributed by atoms with Gasteiger partial charge in [-0.2, -0.15) is 5.10 Å². The summed E-state index contributed by atoms with van der Waals surface area (Å²) in [6.45, 7) is 6.16. The van der Waals surface area contributed by atoms with Gasteiger partial charge in [0.25, 0.3) is 0 Å². The topological polar surface area (TPSA) is 65.5 Å². The summed E-state index contributed by atoms with van der Waals surface area (Å²) in [5.74, 6) is 0.421. The minimum absolute atomic E-state index is 0.0391. The number of hydrogen-bond donors (Lipinski definition) is 3. The molecule has 1 saturated heterocycles. The number of benzene rings is 1. The van der Waals surface area contributed by atoms with Gasteiger partial charge in [0.2, 0.25) is 5.91 Å². The summed E-state index contributed by atoms with van der Waals surface area (Å²) in [5.41, 5.74) is 10.9. The van der Waals surface area contributed by atoms with Crippen LogP contribution in [0.2, 0.25) is 0 Å². The van der Waals surface area contributed by atoms with Gasteiger partial charge in [0, 0.05) is 23.0 Å². The number of nitrogens with one attached hydrogen (secondary N) is 3. The predicted octanol–water partition coefficient (Wildman–Crippen LogP) is 2.57. The van der Waals surface area contributed by atoms with E-state index in [1.807, 2.05) is 31.2 Å². The Kier molecular flexibility index (Phi) is 6.11. The smallest absolute Gasteiger partial charge is 0.240 e. The van der Waals surface area contributed by atoms with Crippen LogP contribution in [0.25, 0.3) is 0 Å². The van der Waals surface area contributed by atoms with Crippen molar-refractivity contribution >= 4 is 27.5 Å². The molecule has 0 radical (unpaired) electrons. The van der Waals surface area contributed by atoms with Crippen molar-refractivity contribution < 1.29 is 4.79 Å². The van der Waals surface area contributed by atoms with Crippen molar-refractivity contribution in [3.05, 3.63) is 34.3 Å². The number of halogens is 1. The zero-order valence-electron chi connectivity index (χ0n) is 13.2. The lowest BCUT2D eigenvalue weighted by atomic mass is 9.91. The van der Waals surface area contributed by atoms with Gasteiger partial charge in [0.1, 0.15) is 0 Å². The second-order valence-corrected chi connectivity index (χ2v) is 6.72. The van der Waals surface area contributed by atoms with Crippen molar-refractivity contribution in [1.82, 2.24) is 16.3 Å². The van der Waals surface area contributed by atoms with E-state index in [1.165, 1.54) is 0 Å². The van der Waals surface area contributed by atoms with Crippen molar-refractivity contribution in [3.8, 4) is 0 Å². The van der Waals surface area contributed by atoms with Gasteiger partial charge in [-0.15, -0.1) is 0 Å². The molecule has 1 heterocycles. The molecule has 120 valence electrons. The highest BCUT2D eigenvalue weighted by atomic mass is 79.9. The minimum atomic E-state index is -0.0391. The second-order valence-electron chi connectivity index (χ2n) is 5.81. The summed E-state index contributed by atoms with van der Waals surface area (Å²) >= 11 is 3.40. The van der Waals surface area contributed by atoms with Crippen LogP contribution in [0.5, 0.6) is 0 Å². The third-order valence-electron chi connectivity index (χ3n) is 4.14. The van der Waals surface area contributed by atoms with Crippen LogP contribution in [0.4, 0.5) is 0 Å². The molecule has 6 heteroatoms. The Bertz CT molecular complexity index is 534. The van der Waals surface area contributed by atoms with E-state index in [9.17, 15) is 4.79 Å². The summed E-state index contributed by atoms with van der Waals surface area (Å²) in [7, 11) is 0. The molecule has 0 aromatic heterocycles. The van der Waals surface area contributed by atoms with Gasteiger partial charge >= 0.3 is 0 Å². The highest BCUT2D eigenvalue weighted by Gasteiger charge is 2.29. The number of hydrogen-bond acceptors (Lipinski definition) is 4. The maximum absolute atomic E-state index is 11.9. The minimum Gasteiger partial charge on any atom is -0.273 e. The van der Waals surface area contributed by atoms with E-state index < -0.39 is 0 Å². The molecule has 1 aliphatic heterocycles. The molecule has 1 amide bonds. The first-order valence-corrected chi connectivity index (χ1v) is 8.37. The van der Waals surface area contributed by atoms with Crippen LogP contribution in [0, 0.1) is 5.92 Å². The van der Waals surface area contributed by atoms with E-state index in [-0.39, 0.29) is 5.91 Å². The number of hydrazine groups is 1. The van der Waals surface area contributed by atoms with Crippen LogP contribution < -0.4 is 16.3 Å². The summed E-state index contributed by atoms with van der Waals surface area (Å²) < 4.78 is 1.02. The summed E-state index contributed by atoms with van der Waals surface area (Å²) in [6.07, 6.45) is 1.33. The molecule has 2 rings (SSSR count). The fourth-order valence-electron chi connectivity index (χ4n) is 2.67. The summed E-state index contributed by atoms with van der Waals surface area (Å²) in [4.78, 5) is 11.9. The molecule has 5 nitrogen and oxygen atoms in total. The predicted molar refractivity (Wildman–Crippen MR) is 92.4 cm³/mol. The quantitative estimate of drug-likeness (QED) is 0.554. The van der Waals surface area contributed by atoms with E-state index in [0.717, 1.165) is 22.2 Å². The van der Waals surface area contributed by atoms with Crippen molar-refractivity contribution in [2.45, 2.75) is 45.7 Å². The Labute approximate surface area is 140 Å². The van der Waals surface area contributed by atoms with Crippen molar-refractivity contribution in [2.24, 2.45) is 11.0 Å². The number of amides is 1. The first-order valence-electron chi connectivity index (χ1n) is 7.57. The number of rotatable bonds is 5. The molecule has 1 fully saturated rings. The molecule has 22 heavy (non-hydrogen) atoms. The molecule has 1 aliphatic rings. The van der Waals surface area contributed by atoms with Crippen LogP contribution in [-0.2, 0) is 4.79 Å². The Hall–Kier alpha value is -1.24. The van der Waals surface area contributed by atoms with E-state index in [0.29, 0.717) is 24.4 Å². The number of hydrazone groups is 1. The second kappa shape index (κ2) is 7.85. The van der Waals surface area contributed by atoms with Crippen LogP contribution in [0.15, 0.2) is 33.8 Å². The van der Waals surface area contributed by atoms with Gasteiger partial charge in [-0.1, -0.05) is 28.1 Å². The highest BCUT2D eigenvalue weighted by molar-refractivity contribution is 9.10. The zero-order chi connectivity index (χ0) is 16.1. The van der Waals surface area contributed by atoms with Gasteiger partial charge < -0.3 is 0 Å². The number of nitrogens with zero attached hydrogens (tertiary/aromatic N) is 1. The normalized spacial score (nSPS) is 25.3. The fourth-order valence-corrected chi connectivity index (χ4v) is 2.93. The molecular weight excluding hydrogens is 344 g/mol. The molecule has 3 N–H and O–H groups in total. The standard InChI is InChI=1S/C16H23BrN4O/c1-10(13-4-6-14(17)7-5-13)18-21-16(22)9-8-15-11(2)19-20-12(15)3/h4-7,11-12,15,19-20H,8-9H2,1-3H3,(H,21,22)/b18-10+. The summed E-state index contributed by atoms with van der Waals surface area (Å²) in [6, 6.07) is 8.62. The maximum Gasteiger partial charge on any atom is 0.240 e. The van der Waals surface area contributed by atoms with Crippen LogP contribution in [0.1, 0.15) is 39.2 Å². The van der Waals surface area contributed by atoms with E-state index in [1.54, 1.807) is 0 Å². The third kappa shape index (κ3) is 4.63. The molecule has 0 bridgehead atoms. The van der Waals surface area contributed by atoms with Gasteiger partial charge in [-0.25, -0.2) is 5.43 Å². The van der Waals surface area contributed by atoms with Crippen molar-refractivity contribution in [2.75, 3.05) is 0 Å². The third-order valence-corrected chi connectivity index (χ3v) is 4.67. The average Bonchev–Trinajstić information content (AvgIpc) is 2.82. The van der Waals surface area contributed by atoms with Gasteiger partial charge in [0.15, 0.2) is 0 Å². The average molecular weight is 367 g/mol. The largest absolute Gasteiger partial charge is 0.273 e. The first-order chi connectivity index (χ1) is 10.5. The summed E-state index contributed by atoms with van der Waals surface area (Å²) in [5, 5.41) is 4.18. The van der Waals surface area contributed by atoms with E-state index >= 15 is 0 Å². The van der Waals surface area contributed by atoms with Crippen molar-refractivity contribution in [1.29, 1.82) is 0 Å². The molecule has 2 unspecified atom stereocenters. The molecule has 1 aromatic carbocycles. The molecule has 1 aromatic rings. The van der Waals surface area contributed by atoms with Crippen LogP contribution in [0.3, 0.4) is 0 Å². The fraction of sp³-hybridized carbons (Fsp3) is 0.500. The monoisotopic (exact) mass is 366 g/mol. The van der Waals surface area contributed by atoms with Gasteiger partial charge in [0.05, 0.1) is 5.71 Å². The lowest BCUT2D eigenvalue weighted by Crippen LogP contribution is -2.30. The lowest BCUT2D eigenvalue weighted by molar-refractivity contribution is -0.121. The molecular formula is C16H23BrN4O. The van der Waals surface area contributed by atoms with E-state index in [4.69, 9.17) is 0 Å². The van der Waals surface area contributed by atoms with Gasteiger partial charge in [-0.05, 0) is 50.8 Å². The van der Waals surface area contributed by atoms with Crippen LogP contribution in [-0.4, -0.2) is 23.7 Å². The molecule has 2 atom stereocenters. The SMILES string of the molecule is C/C(=N\NC(=O)CCC1C(C)NNC1C)c1ccc(Br)cc1. The number of carbonyl (C=O) groups excluding carboxylic acids is 1. The zero-order valence-corrected chi connectivity index (χ0v) is 14.8. The molecule has 0 aliphatic carbocycles. The van der Waals surface area contributed by atoms with Gasteiger partial charge in [-0.3, -0.25) is 15.6 Å². The Morgan fingerprint density at radius 3 is 2.41 bits per heavy atom. The molecule has 0 spiro atoms. The number of carbonyl (C=O) groups is 1. The van der Waals surface area contributed by atoms with Crippen LogP contribution >= 0.6 is 15.9 Å². The Morgan fingerprint density at radius 1 is 1.23 bits per heavy atom. The lowest BCUT2D eigenvalue weighted by Gasteiger charge is -2.16. The van der Waals surface area contributed by atoms with Crippen molar-refractivity contribution in [3.63, 3.8) is 0 Å². The highest BCUT2D eigenvalue weighted by Crippen LogP contribution is 2.19. The van der Waals surface area contributed by atoms with E-state index in [2.05, 4.69) is 51.2 Å². The Balaban J connectivity index is 1.81. The maximum atomic E-state index is 11.9. The first kappa shape index (κ1) is 17.1. The Morgan fingerprint density at radius 2 is 1.82 bits per heavy atom.